The number of nitrogens with zero attached hydrogens (tertiary/aromatic N) is 2. The molecule has 0 amide bonds. The van der Waals surface area contributed by atoms with Crippen LogP contribution in [0, 0.1) is 6.92 Å². The maximum absolute atomic E-state index is 10.6. The Balaban J connectivity index is 2.40. The number of rotatable bonds is 5. The highest BCUT2D eigenvalue weighted by Crippen LogP contribution is 2.31. The zero-order valence-corrected chi connectivity index (χ0v) is 13.5. The fraction of sp³-hybridized carbons (Fsp3) is 0.400. The quantitative estimate of drug-likeness (QED) is 0.908. The van der Waals surface area contributed by atoms with E-state index in [0.29, 0.717) is 0 Å². The third kappa shape index (κ3) is 2.88. The Hall–Kier alpha value is -1.33. The van der Waals surface area contributed by atoms with Gasteiger partial charge >= 0.3 is 0 Å². The number of aliphatic hydroxyl groups excluding tert-OH is 1. The minimum Gasteiger partial charge on any atom is -0.496 e. The van der Waals surface area contributed by atoms with Crippen molar-refractivity contribution >= 4 is 15.9 Å². The van der Waals surface area contributed by atoms with Gasteiger partial charge in [-0.2, -0.15) is 5.10 Å². The average molecular weight is 339 g/mol. The van der Waals surface area contributed by atoms with E-state index in [1.165, 1.54) is 0 Å². The summed E-state index contributed by atoms with van der Waals surface area (Å²) >= 11 is 3.46. The van der Waals surface area contributed by atoms with Crippen LogP contribution in [0.1, 0.15) is 36.3 Å². The van der Waals surface area contributed by atoms with Gasteiger partial charge in [0, 0.05) is 6.54 Å². The minimum atomic E-state index is -0.729. The standard InChI is InChI=1S/C15H19BrN2O2/c1-4-7-18-14(12(16)9-17-18)15(19)11-6-5-10(2)13(8-11)20-3/h5-6,8-9,15,19H,4,7H2,1-3H3. The Morgan fingerprint density at radius 1 is 1.45 bits per heavy atom. The lowest BCUT2D eigenvalue weighted by atomic mass is 10.0. The molecule has 108 valence electrons. The van der Waals surface area contributed by atoms with Crippen molar-refractivity contribution in [2.24, 2.45) is 0 Å². The van der Waals surface area contributed by atoms with Crippen LogP contribution in [0.15, 0.2) is 28.9 Å². The molecule has 2 rings (SSSR count). The van der Waals surface area contributed by atoms with E-state index < -0.39 is 6.10 Å². The van der Waals surface area contributed by atoms with Gasteiger partial charge in [-0.1, -0.05) is 19.1 Å². The maximum atomic E-state index is 10.6. The van der Waals surface area contributed by atoms with Crippen molar-refractivity contribution in [3.63, 3.8) is 0 Å². The highest BCUT2D eigenvalue weighted by Gasteiger charge is 2.20. The topological polar surface area (TPSA) is 47.3 Å². The fourth-order valence-electron chi connectivity index (χ4n) is 2.20. The summed E-state index contributed by atoms with van der Waals surface area (Å²) in [6, 6.07) is 5.74. The molecule has 1 N–H and O–H groups in total. The molecule has 0 saturated heterocycles. The molecule has 5 heteroatoms. The van der Waals surface area contributed by atoms with Crippen molar-refractivity contribution in [3.05, 3.63) is 45.7 Å². The van der Waals surface area contributed by atoms with Gasteiger partial charge in [-0.3, -0.25) is 4.68 Å². The predicted octanol–water partition coefficient (Wildman–Crippen LogP) is 3.45. The highest BCUT2D eigenvalue weighted by atomic mass is 79.9. The van der Waals surface area contributed by atoms with Crippen LogP contribution in [0.3, 0.4) is 0 Å². The van der Waals surface area contributed by atoms with Crippen LogP contribution in [0.5, 0.6) is 5.75 Å². The van der Waals surface area contributed by atoms with Gasteiger partial charge in [0.2, 0.25) is 0 Å². The fourth-order valence-corrected chi connectivity index (χ4v) is 2.71. The second kappa shape index (κ2) is 6.41. The van der Waals surface area contributed by atoms with E-state index in [1.54, 1.807) is 13.3 Å². The molecule has 0 aliphatic rings. The molecule has 4 nitrogen and oxygen atoms in total. The van der Waals surface area contributed by atoms with Crippen LogP contribution in [0.4, 0.5) is 0 Å². The predicted molar refractivity (Wildman–Crippen MR) is 82.0 cm³/mol. The van der Waals surface area contributed by atoms with Gasteiger partial charge in [0.15, 0.2) is 0 Å². The summed E-state index contributed by atoms with van der Waals surface area (Å²) in [6.07, 6.45) is 1.96. The van der Waals surface area contributed by atoms with Gasteiger partial charge in [-0.25, -0.2) is 0 Å². The van der Waals surface area contributed by atoms with Crippen molar-refractivity contribution < 1.29 is 9.84 Å². The van der Waals surface area contributed by atoms with E-state index >= 15 is 0 Å². The molecule has 1 heterocycles. The van der Waals surface area contributed by atoms with Crippen LogP contribution >= 0.6 is 15.9 Å². The molecule has 2 aromatic rings. The number of ether oxygens (including phenoxy) is 1. The maximum Gasteiger partial charge on any atom is 0.122 e. The van der Waals surface area contributed by atoms with Crippen molar-refractivity contribution in [3.8, 4) is 5.75 Å². The van der Waals surface area contributed by atoms with E-state index in [9.17, 15) is 5.11 Å². The molecule has 0 bridgehead atoms. The molecule has 0 aliphatic carbocycles. The van der Waals surface area contributed by atoms with Gasteiger partial charge in [0.25, 0.3) is 0 Å². The summed E-state index contributed by atoms with van der Waals surface area (Å²) in [4.78, 5) is 0. The first-order valence-electron chi connectivity index (χ1n) is 6.62. The Labute approximate surface area is 127 Å². The zero-order chi connectivity index (χ0) is 14.7. The first-order chi connectivity index (χ1) is 9.58. The van der Waals surface area contributed by atoms with Gasteiger partial charge in [0.05, 0.1) is 23.5 Å². The van der Waals surface area contributed by atoms with Crippen LogP contribution in [0.25, 0.3) is 0 Å². The smallest absolute Gasteiger partial charge is 0.122 e. The molecule has 0 radical (unpaired) electrons. The van der Waals surface area contributed by atoms with E-state index in [-0.39, 0.29) is 0 Å². The molecule has 0 aliphatic heterocycles. The van der Waals surface area contributed by atoms with Crippen molar-refractivity contribution in [1.29, 1.82) is 0 Å². The lowest BCUT2D eigenvalue weighted by Crippen LogP contribution is -2.11. The first kappa shape index (κ1) is 15.1. The SMILES string of the molecule is CCCn1ncc(Br)c1C(O)c1ccc(C)c(OC)c1. The van der Waals surface area contributed by atoms with Crippen LogP contribution in [-0.4, -0.2) is 22.0 Å². The molecular weight excluding hydrogens is 320 g/mol. The van der Waals surface area contributed by atoms with E-state index in [1.807, 2.05) is 29.8 Å². The van der Waals surface area contributed by atoms with Crippen molar-refractivity contribution in [2.75, 3.05) is 7.11 Å². The van der Waals surface area contributed by atoms with Crippen molar-refractivity contribution in [1.82, 2.24) is 9.78 Å². The molecule has 1 unspecified atom stereocenters. The highest BCUT2D eigenvalue weighted by molar-refractivity contribution is 9.10. The second-order valence-electron chi connectivity index (χ2n) is 4.73. The number of methoxy groups -OCH3 is 1. The first-order valence-corrected chi connectivity index (χ1v) is 7.41. The zero-order valence-electron chi connectivity index (χ0n) is 11.9. The van der Waals surface area contributed by atoms with Crippen LogP contribution < -0.4 is 4.74 Å². The van der Waals surface area contributed by atoms with Gasteiger partial charge < -0.3 is 9.84 Å². The number of aryl methyl sites for hydroxylation is 2. The van der Waals surface area contributed by atoms with Crippen LogP contribution in [-0.2, 0) is 6.54 Å². The lowest BCUT2D eigenvalue weighted by molar-refractivity contribution is 0.206. The molecule has 1 aromatic carbocycles. The number of hydrogen-bond acceptors (Lipinski definition) is 3. The summed E-state index contributed by atoms with van der Waals surface area (Å²) in [6.45, 7) is 4.84. The lowest BCUT2D eigenvalue weighted by Gasteiger charge is -2.16. The summed E-state index contributed by atoms with van der Waals surface area (Å²) in [5.41, 5.74) is 2.62. The summed E-state index contributed by atoms with van der Waals surface area (Å²) in [5, 5.41) is 14.9. The number of hydrogen-bond donors (Lipinski definition) is 1. The number of halogens is 1. The summed E-state index contributed by atoms with van der Waals surface area (Å²) in [7, 11) is 1.63. The van der Waals surface area contributed by atoms with Gasteiger partial charge in [-0.05, 0) is 46.5 Å². The molecule has 0 fully saturated rings. The van der Waals surface area contributed by atoms with E-state index in [0.717, 1.165) is 40.0 Å². The van der Waals surface area contributed by atoms with Crippen LogP contribution in [0.2, 0.25) is 0 Å². The van der Waals surface area contributed by atoms with E-state index in [2.05, 4.69) is 28.0 Å². The van der Waals surface area contributed by atoms with Crippen molar-refractivity contribution in [2.45, 2.75) is 32.9 Å². The average Bonchev–Trinajstić information content (AvgIpc) is 2.80. The second-order valence-corrected chi connectivity index (χ2v) is 5.59. The number of aromatic nitrogens is 2. The summed E-state index contributed by atoms with van der Waals surface area (Å²) in [5.74, 6) is 0.777. The Morgan fingerprint density at radius 2 is 2.20 bits per heavy atom. The van der Waals surface area contributed by atoms with Gasteiger partial charge in [-0.15, -0.1) is 0 Å². The molecule has 0 spiro atoms. The third-order valence-electron chi connectivity index (χ3n) is 3.28. The Bertz CT molecular complexity index is 596. The monoisotopic (exact) mass is 338 g/mol. The largest absolute Gasteiger partial charge is 0.496 e. The summed E-state index contributed by atoms with van der Waals surface area (Å²) < 4.78 is 7.97. The number of aliphatic hydroxyl groups is 1. The molecule has 1 aromatic heterocycles. The molecular formula is C15H19BrN2O2. The Kier molecular flexibility index (Phi) is 4.83. The molecule has 0 saturated carbocycles. The molecule has 20 heavy (non-hydrogen) atoms. The van der Waals surface area contributed by atoms with Gasteiger partial charge in [0.1, 0.15) is 11.9 Å². The van der Waals surface area contributed by atoms with E-state index in [4.69, 9.17) is 4.74 Å². The normalized spacial score (nSPS) is 12.4. The molecule has 1 atom stereocenters. The minimum absolute atomic E-state index is 0.729. The third-order valence-corrected chi connectivity index (χ3v) is 3.89. The number of benzene rings is 1. The Morgan fingerprint density at radius 3 is 2.85 bits per heavy atom.